The third-order valence-corrected chi connectivity index (χ3v) is 9.11. The van der Waals surface area contributed by atoms with Gasteiger partial charge in [-0.2, -0.15) is 0 Å². The largest absolute Gasteiger partial charge is 0.352 e. The standard InChI is InChI=1S/C33H43N3O4S/c1-7-26(6)34-33(38)31(8-2)35(22-27-12-10-9-11-13-27)32(37)23-36(29-18-16-28(17-19-29)24(3)4)41(39,40)30-20-14-25(5)15-21-30/h9-21,24,26,31H,7-8,22-23H2,1-6H3,(H,34,38)/t26-,31+/m1/s1. The number of benzene rings is 3. The average molecular weight is 578 g/mol. The zero-order valence-corrected chi connectivity index (χ0v) is 25.8. The van der Waals surface area contributed by atoms with Gasteiger partial charge in [0.2, 0.25) is 11.8 Å². The number of hydrogen-bond donors (Lipinski definition) is 1. The van der Waals surface area contributed by atoms with E-state index in [-0.39, 0.29) is 29.3 Å². The van der Waals surface area contributed by atoms with Gasteiger partial charge in [0.15, 0.2) is 0 Å². The van der Waals surface area contributed by atoms with Crippen molar-refractivity contribution in [3.05, 3.63) is 95.6 Å². The molecule has 0 saturated heterocycles. The number of hydrogen-bond acceptors (Lipinski definition) is 4. The van der Waals surface area contributed by atoms with Crippen molar-refractivity contribution in [1.29, 1.82) is 0 Å². The molecule has 0 aliphatic heterocycles. The van der Waals surface area contributed by atoms with Gasteiger partial charge in [-0.25, -0.2) is 8.42 Å². The maximum Gasteiger partial charge on any atom is 0.264 e. The Bertz CT molecular complexity index is 1390. The molecule has 1 N–H and O–H groups in total. The maximum atomic E-state index is 14.1. The van der Waals surface area contributed by atoms with E-state index in [1.165, 1.54) is 4.90 Å². The van der Waals surface area contributed by atoms with Crippen LogP contribution in [0.5, 0.6) is 0 Å². The van der Waals surface area contributed by atoms with E-state index in [0.29, 0.717) is 12.1 Å². The maximum absolute atomic E-state index is 14.1. The molecular weight excluding hydrogens is 534 g/mol. The van der Waals surface area contributed by atoms with Gasteiger partial charge >= 0.3 is 0 Å². The van der Waals surface area contributed by atoms with Crippen LogP contribution in [0.2, 0.25) is 0 Å². The lowest BCUT2D eigenvalue weighted by atomic mass is 10.0. The fraction of sp³-hybridized carbons (Fsp3) is 0.394. The first kappa shape index (κ1) is 31.9. The molecule has 3 rings (SSSR count). The number of nitrogens with zero attached hydrogens (tertiary/aromatic N) is 2. The van der Waals surface area contributed by atoms with Gasteiger partial charge in [0.1, 0.15) is 12.6 Å². The second-order valence-corrected chi connectivity index (χ2v) is 12.7. The lowest BCUT2D eigenvalue weighted by Gasteiger charge is -2.33. The normalized spacial score (nSPS) is 13.0. The van der Waals surface area contributed by atoms with Crippen LogP contribution >= 0.6 is 0 Å². The second kappa shape index (κ2) is 14.3. The number of rotatable bonds is 13. The molecule has 0 heterocycles. The van der Waals surface area contributed by atoms with Crippen LogP contribution in [0.15, 0.2) is 83.8 Å². The van der Waals surface area contributed by atoms with E-state index in [1.807, 2.05) is 70.2 Å². The van der Waals surface area contributed by atoms with E-state index < -0.39 is 28.5 Å². The summed E-state index contributed by atoms with van der Waals surface area (Å²) in [5, 5.41) is 3.00. The molecule has 41 heavy (non-hydrogen) atoms. The van der Waals surface area contributed by atoms with Crippen LogP contribution in [0.3, 0.4) is 0 Å². The molecular formula is C33H43N3O4S. The van der Waals surface area contributed by atoms with Gasteiger partial charge in [-0.3, -0.25) is 13.9 Å². The first-order valence-corrected chi connectivity index (χ1v) is 15.7. The highest BCUT2D eigenvalue weighted by Gasteiger charge is 2.34. The van der Waals surface area contributed by atoms with Crippen molar-refractivity contribution >= 4 is 27.5 Å². The molecule has 0 saturated carbocycles. The highest BCUT2D eigenvalue weighted by atomic mass is 32.2. The molecule has 0 unspecified atom stereocenters. The summed E-state index contributed by atoms with van der Waals surface area (Å²) in [5.41, 5.74) is 3.23. The van der Waals surface area contributed by atoms with E-state index in [2.05, 4.69) is 19.2 Å². The van der Waals surface area contributed by atoms with E-state index in [1.54, 1.807) is 36.4 Å². The number of nitrogens with one attached hydrogen (secondary N) is 1. The molecule has 0 bridgehead atoms. The van der Waals surface area contributed by atoms with Crippen LogP contribution in [0, 0.1) is 6.92 Å². The predicted octanol–water partition coefficient (Wildman–Crippen LogP) is 6.04. The van der Waals surface area contributed by atoms with Crippen LogP contribution in [-0.4, -0.2) is 43.8 Å². The zero-order chi connectivity index (χ0) is 30.2. The van der Waals surface area contributed by atoms with Crippen molar-refractivity contribution in [3.63, 3.8) is 0 Å². The summed E-state index contributed by atoms with van der Waals surface area (Å²) in [6.45, 7) is 11.5. The minimum absolute atomic E-state index is 0.0527. The van der Waals surface area contributed by atoms with Crippen LogP contribution in [0.1, 0.15) is 70.1 Å². The topological polar surface area (TPSA) is 86.8 Å². The summed E-state index contributed by atoms with van der Waals surface area (Å²) >= 11 is 0. The molecule has 0 aromatic heterocycles. The predicted molar refractivity (Wildman–Crippen MR) is 165 cm³/mol. The Kier molecular flexibility index (Phi) is 11.1. The smallest absolute Gasteiger partial charge is 0.264 e. The van der Waals surface area contributed by atoms with Gasteiger partial charge in [-0.05, 0) is 68.0 Å². The molecule has 2 amide bonds. The van der Waals surface area contributed by atoms with Gasteiger partial charge in [0.05, 0.1) is 10.6 Å². The van der Waals surface area contributed by atoms with Crippen molar-refractivity contribution in [2.45, 2.75) is 83.8 Å². The summed E-state index contributed by atoms with van der Waals surface area (Å²) in [7, 11) is -4.10. The number of aryl methyl sites for hydroxylation is 1. The van der Waals surface area contributed by atoms with Crippen LogP contribution < -0.4 is 9.62 Å². The zero-order valence-electron chi connectivity index (χ0n) is 25.0. The monoisotopic (exact) mass is 577 g/mol. The van der Waals surface area contributed by atoms with Crippen LogP contribution in [0.25, 0.3) is 0 Å². The molecule has 0 aliphatic rings. The van der Waals surface area contributed by atoms with Crippen molar-refractivity contribution in [2.24, 2.45) is 0 Å². The highest BCUT2D eigenvalue weighted by molar-refractivity contribution is 7.92. The lowest BCUT2D eigenvalue weighted by molar-refractivity contribution is -0.140. The third-order valence-electron chi connectivity index (χ3n) is 7.32. The molecule has 2 atom stereocenters. The van der Waals surface area contributed by atoms with E-state index in [9.17, 15) is 18.0 Å². The Morgan fingerprint density at radius 1 is 0.829 bits per heavy atom. The molecule has 220 valence electrons. The summed E-state index contributed by atoms with van der Waals surface area (Å²) in [5.74, 6) is -0.437. The molecule has 0 aliphatic carbocycles. The SMILES string of the molecule is CC[C@@H](C)NC(=O)[C@H](CC)N(Cc1ccccc1)C(=O)CN(c1ccc(C(C)C)cc1)S(=O)(=O)c1ccc(C)cc1. The van der Waals surface area contributed by atoms with Gasteiger partial charge in [0.25, 0.3) is 10.0 Å². The van der Waals surface area contributed by atoms with Gasteiger partial charge < -0.3 is 10.2 Å². The number of amides is 2. The lowest BCUT2D eigenvalue weighted by Crippen LogP contribution is -2.53. The fourth-order valence-electron chi connectivity index (χ4n) is 4.53. The quantitative estimate of drug-likeness (QED) is 0.269. The molecule has 7 nitrogen and oxygen atoms in total. The Hall–Kier alpha value is -3.65. The minimum atomic E-state index is -4.10. The Balaban J connectivity index is 2.06. The minimum Gasteiger partial charge on any atom is -0.352 e. The first-order chi connectivity index (χ1) is 19.5. The van der Waals surface area contributed by atoms with E-state index in [4.69, 9.17) is 0 Å². The Morgan fingerprint density at radius 3 is 1.98 bits per heavy atom. The van der Waals surface area contributed by atoms with Crippen molar-refractivity contribution in [3.8, 4) is 0 Å². The van der Waals surface area contributed by atoms with Crippen molar-refractivity contribution in [2.75, 3.05) is 10.8 Å². The molecule has 0 fully saturated rings. The number of sulfonamides is 1. The Morgan fingerprint density at radius 2 is 1.44 bits per heavy atom. The molecule has 0 spiro atoms. The van der Waals surface area contributed by atoms with Crippen molar-refractivity contribution in [1.82, 2.24) is 10.2 Å². The van der Waals surface area contributed by atoms with E-state index >= 15 is 0 Å². The fourth-order valence-corrected chi connectivity index (χ4v) is 5.95. The summed E-state index contributed by atoms with van der Waals surface area (Å²) in [6.07, 6.45) is 1.14. The molecule has 0 radical (unpaired) electrons. The second-order valence-electron chi connectivity index (χ2n) is 10.8. The number of carbonyl (C=O) groups excluding carboxylic acids is 2. The number of carbonyl (C=O) groups is 2. The van der Waals surface area contributed by atoms with Gasteiger partial charge in [-0.1, -0.05) is 87.9 Å². The van der Waals surface area contributed by atoms with Crippen LogP contribution in [0.4, 0.5) is 5.69 Å². The summed E-state index contributed by atoms with van der Waals surface area (Å²) < 4.78 is 29.2. The van der Waals surface area contributed by atoms with E-state index in [0.717, 1.165) is 27.4 Å². The molecule has 3 aromatic carbocycles. The van der Waals surface area contributed by atoms with Gasteiger partial charge in [-0.15, -0.1) is 0 Å². The average Bonchev–Trinajstić information content (AvgIpc) is 2.96. The van der Waals surface area contributed by atoms with Crippen LogP contribution in [-0.2, 0) is 26.2 Å². The third kappa shape index (κ3) is 8.19. The Labute approximate surface area is 245 Å². The highest BCUT2D eigenvalue weighted by Crippen LogP contribution is 2.27. The first-order valence-electron chi connectivity index (χ1n) is 14.3. The molecule has 3 aromatic rings. The summed E-state index contributed by atoms with van der Waals surface area (Å²) in [4.78, 5) is 29.1. The summed E-state index contributed by atoms with van der Waals surface area (Å²) in [6, 6.07) is 22.5. The van der Waals surface area contributed by atoms with Crippen molar-refractivity contribution < 1.29 is 18.0 Å². The number of anilines is 1. The molecule has 8 heteroatoms. The van der Waals surface area contributed by atoms with Gasteiger partial charge in [0, 0.05) is 12.6 Å².